The number of amides is 1. The van der Waals surface area contributed by atoms with Gasteiger partial charge >= 0.3 is 0 Å². The third-order valence-electron chi connectivity index (χ3n) is 5.20. The fraction of sp³-hybridized carbons (Fsp3) is 0.200. The first-order valence-electron chi connectivity index (χ1n) is 10.3. The van der Waals surface area contributed by atoms with Crippen LogP contribution in [0.1, 0.15) is 35.0 Å². The van der Waals surface area contributed by atoms with Gasteiger partial charge in [0.15, 0.2) is 0 Å². The fourth-order valence-electron chi connectivity index (χ4n) is 3.38. The van der Waals surface area contributed by atoms with E-state index in [2.05, 4.69) is 27.8 Å². The van der Waals surface area contributed by atoms with Crippen LogP contribution in [0.15, 0.2) is 71.3 Å². The zero-order valence-electron chi connectivity index (χ0n) is 17.5. The van der Waals surface area contributed by atoms with E-state index in [0.29, 0.717) is 22.1 Å². The topological polar surface area (TPSA) is 67.2 Å². The molecular formula is C25H24ClN3O2. The van der Waals surface area contributed by atoms with E-state index in [-0.39, 0.29) is 11.9 Å². The third kappa shape index (κ3) is 5.06. The summed E-state index contributed by atoms with van der Waals surface area (Å²) in [6.07, 6.45) is 3.32. The molecule has 2 aromatic carbocycles. The summed E-state index contributed by atoms with van der Waals surface area (Å²) in [5.74, 6) is 0.317. The van der Waals surface area contributed by atoms with E-state index in [1.807, 2.05) is 56.3 Å². The van der Waals surface area contributed by atoms with Gasteiger partial charge in [-0.1, -0.05) is 48.0 Å². The number of fused-ring (bicyclic) bond motifs is 1. The van der Waals surface area contributed by atoms with E-state index in [1.165, 1.54) is 5.56 Å². The highest BCUT2D eigenvalue weighted by Crippen LogP contribution is 2.28. The molecule has 0 bridgehead atoms. The predicted octanol–water partition coefficient (Wildman–Crippen LogP) is 6.28. The molecule has 0 aliphatic rings. The number of benzene rings is 2. The van der Waals surface area contributed by atoms with Crippen molar-refractivity contribution < 1.29 is 9.21 Å². The monoisotopic (exact) mass is 433 g/mol. The molecule has 2 aromatic heterocycles. The summed E-state index contributed by atoms with van der Waals surface area (Å²) < 4.78 is 5.55. The Labute approximate surface area is 186 Å². The summed E-state index contributed by atoms with van der Waals surface area (Å²) in [6, 6.07) is 19.4. The maximum atomic E-state index is 12.9. The molecule has 0 radical (unpaired) electrons. The van der Waals surface area contributed by atoms with Crippen LogP contribution in [0.3, 0.4) is 0 Å². The smallest absolute Gasteiger partial charge is 0.270 e. The summed E-state index contributed by atoms with van der Waals surface area (Å²) in [5, 5.41) is 7.76. The lowest BCUT2D eigenvalue weighted by Crippen LogP contribution is -2.33. The number of aryl methyl sites for hydroxylation is 2. The summed E-state index contributed by atoms with van der Waals surface area (Å²) in [4.78, 5) is 17.4. The Morgan fingerprint density at radius 3 is 2.71 bits per heavy atom. The molecule has 6 heteroatoms. The zero-order chi connectivity index (χ0) is 21.8. The van der Waals surface area contributed by atoms with Crippen LogP contribution in [-0.4, -0.2) is 16.9 Å². The van der Waals surface area contributed by atoms with Gasteiger partial charge in [0.1, 0.15) is 17.1 Å². The van der Waals surface area contributed by atoms with Gasteiger partial charge in [-0.2, -0.15) is 0 Å². The molecule has 1 atom stereocenters. The van der Waals surface area contributed by atoms with Gasteiger partial charge in [-0.25, -0.2) is 4.98 Å². The summed E-state index contributed by atoms with van der Waals surface area (Å²) >= 11 is 6.25. The number of nitrogens with zero attached hydrogens (tertiary/aromatic N) is 1. The van der Waals surface area contributed by atoms with Crippen LogP contribution in [0, 0.1) is 6.92 Å². The highest BCUT2D eigenvalue weighted by molar-refractivity contribution is 6.31. The lowest BCUT2D eigenvalue weighted by molar-refractivity contribution is 0.0933. The molecular weight excluding hydrogens is 410 g/mol. The number of carbonyl (C=O) groups is 1. The highest BCUT2D eigenvalue weighted by atomic mass is 35.5. The number of aromatic nitrogens is 1. The number of pyridine rings is 1. The van der Waals surface area contributed by atoms with Crippen LogP contribution in [0.4, 0.5) is 11.5 Å². The number of hydrogen-bond donors (Lipinski definition) is 2. The van der Waals surface area contributed by atoms with E-state index in [1.54, 1.807) is 12.3 Å². The van der Waals surface area contributed by atoms with Gasteiger partial charge in [0.25, 0.3) is 5.91 Å². The van der Waals surface area contributed by atoms with Crippen LogP contribution >= 0.6 is 11.6 Å². The summed E-state index contributed by atoms with van der Waals surface area (Å²) in [6.45, 7) is 3.95. The van der Waals surface area contributed by atoms with Crippen molar-refractivity contribution in [1.29, 1.82) is 0 Å². The quantitative estimate of drug-likeness (QED) is 0.359. The van der Waals surface area contributed by atoms with Gasteiger partial charge in [0, 0.05) is 22.8 Å². The molecule has 0 aliphatic carbocycles. The number of furan rings is 1. The maximum Gasteiger partial charge on any atom is 0.270 e. The number of halogens is 1. The number of carbonyl (C=O) groups excluding carboxylic acids is 1. The van der Waals surface area contributed by atoms with E-state index in [0.717, 1.165) is 29.5 Å². The van der Waals surface area contributed by atoms with E-state index in [9.17, 15) is 4.79 Å². The summed E-state index contributed by atoms with van der Waals surface area (Å²) in [5.41, 5.74) is 3.93. The maximum absolute atomic E-state index is 12.9. The van der Waals surface area contributed by atoms with E-state index < -0.39 is 0 Å². The Bertz CT molecular complexity index is 1200. The van der Waals surface area contributed by atoms with Gasteiger partial charge in [-0.3, -0.25) is 4.79 Å². The van der Waals surface area contributed by atoms with Crippen molar-refractivity contribution in [3.63, 3.8) is 0 Å². The molecule has 0 saturated heterocycles. The average molecular weight is 434 g/mol. The largest absolute Gasteiger partial charge is 0.464 e. The molecule has 0 spiro atoms. The minimum atomic E-state index is -0.233. The first-order chi connectivity index (χ1) is 15.0. The standard InChI is InChI=1S/C25H24ClN3O2/c1-16-8-11-19(14-21(16)26)28-24-20-12-13-31-23(20)15-22(29-24)25(30)27-17(2)9-10-18-6-4-3-5-7-18/h3-8,11-15,17H,9-10H2,1-2H3,(H,27,30)(H,28,29). The minimum Gasteiger partial charge on any atom is -0.464 e. The van der Waals surface area contributed by atoms with Gasteiger partial charge in [0.2, 0.25) is 0 Å². The van der Waals surface area contributed by atoms with Crippen molar-refractivity contribution >= 4 is 40.0 Å². The van der Waals surface area contributed by atoms with Gasteiger partial charge in [-0.15, -0.1) is 0 Å². The Hall–Kier alpha value is -3.31. The average Bonchev–Trinajstić information content (AvgIpc) is 3.25. The van der Waals surface area contributed by atoms with Crippen molar-refractivity contribution in [1.82, 2.24) is 10.3 Å². The molecule has 1 amide bonds. The number of nitrogens with one attached hydrogen (secondary N) is 2. The first-order valence-corrected chi connectivity index (χ1v) is 10.6. The molecule has 4 rings (SSSR count). The molecule has 31 heavy (non-hydrogen) atoms. The van der Waals surface area contributed by atoms with Crippen molar-refractivity contribution in [3.05, 3.63) is 88.8 Å². The fourth-order valence-corrected chi connectivity index (χ4v) is 3.56. The second-order valence-electron chi connectivity index (χ2n) is 7.68. The summed E-state index contributed by atoms with van der Waals surface area (Å²) in [7, 11) is 0. The predicted molar refractivity (Wildman–Crippen MR) is 125 cm³/mol. The Morgan fingerprint density at radius 2 is 1.94 bits per heavy atom. The molecule has 2 N–H and O–H groups in total. The molecule has 158 valence electrons. The molecule has 1 unspecified atom stereocenters. The lowest BCUT2D eigenvalue weighted by Gasteiger charge is -2.15. The molecule has 4 aromatic rings. The van der Waals surface area contributed by atoms with Gasteiger partial charge in [-0.05, 0) is 56.0 Å². The molecule has 0 fully saturated rings. The van der Waals surface area contributed by atoms with Crippen LogP contribution in [-0.2, 0) is 6.42 Å². The minimum absolute atomic E-state index is 0.00844. The molecule has 2 heterocycles. The second-order valence-corrected chi connectivity index (χ2v) is 8.08. The number of rotatable bonds is 7. The SMILES string of the molecule is Cc1ccc(Nc2nc(C(=O)NC(C)CCc3ccccc3)cc3occc23)cc1Cl. The van der Waals surface area contributed by atoms with Gasteiger partial charge < -0.3 is 15.1 Å². The highest BCUT2D eigenvalue weighted by Gasteiger charge is 2.16. The second kappa shape index (κ2) is 9.23. The van der Waals surface area contributed by atoms with Crippen molar-refractivity contribution in [2.24, 2.45) is 0 Å². The lowest BCUT2D eigenvalue weighted by atomic mass is 10.1. The third-order valence-corrected chi connectivity index (χ3v) is 5.61. The van der Waals surface area contributed by atoms with Crippen molar-refractivity contribution in [2.45, 2.75) is 32.7 Å². The zero-order valence-corrected chi connectivity index (χ0v) is 18.2. The Morgan fingerprint density at radius 1 is 1.13 bits per heavy atom. The van der Waals surface area contributed by atoms with Gasteiger partial charge in [0.05, 0.1) is 11.6 Å². The van der Waals surface area contributed by atoms with Crippen molar-refractivity contribution in [2.75, 3.05) is 5.32 Å². The Kier molecular flexibility index (Phi) is 6.23. The van der Waals surface area contributed by atoms with Crippen LogP contribution in [0.5, 0.6) is 0 Å². The van der Waals surface area contributed by atoms with Crippen LogP contribution in [0.25, 0.3) is 11.0 Å². The van der Waals surface area contributed by atoms with E-state index in [4.69, 9.17) is 16.0 Å². The molecule has 0 aliphatic heterocycles. The molecule has 0 saturated carbocycles. The van der Waals surface area contributed by atoms with Crippen LogP contribution < -0.4 is 10.6 Å². The molecule has 5 nitrogen and oxygen atoms in total. The first kappa shape index (κ1) is 20.9. The Balaban J connectivity index is 1.50. The van der Waals surface area contributed by atoms with Crippen molar-refractivity contribution in [3.8, 4) is 0 Å². The normalized spacial score (nSPS) is 12.0. The van der Waals surface area contributed by atoms with E-state index >= 15 is 0 Å². The number of anilines is 2. The van der Waals surface area contributed by atoms with Crippen LogP contribution in [0.2, 0.25) is 5.02 Å². The number of hydrogen-bond acceptors (Lipinski definition) is 4.